The zero-order valence-electron chi connectivity index (χ0n) is 47.2. The molecule has 0 saturated carbocycles. The molecule has 2 heterocycles. The zero-order valence-corrected chi connectivity index (χ0v) is 47.2. The third-order valence-electron chi connectivity index (χ3n) is 15.2. The van der Waals surface area contributed by atoms with Crippen LogP contribution in [0.2, 0.25) is 0 Å². The van der Waals surface area contributed by atoms with E-state index in [9.17, 15) is 64.7 Å². The maximum absolute atomic E-state index is 14.3. The van der Waals surface area contributed by atoms with Gasteiger partial charge in [-0.3, -0.25) is 38.4 Å². The van der Waals surface area contributed by atoms with E-state index in [1.807, 2.05) is 0 Å². The molecular formula is C58H78F6N10O8. The van der Waals surface area contributed by atoms with Gasteiger partial charge >= 0.3 is 24.2 Å². The molecule has 0 spiro atoms. The third-order valence-corrected chi connectivity index (χ3v) is 15.2. The van der Waals surface area contributed by atoms with Crippen LogP contribution in [0.4, 0.5) is 26.3 Å². The van der Waals surface area contributed by atoms with Gasteiger partial charge in [0.15, 0.2) is 0 Å². The lowest BCUT2D eigenvalue weighted by atomic mass is 9.94. The van der Waals surface area contributed by atoms with Crippen LogP contribution in [0.3, 0.4) is 0 Å². The highest BCUT2D eigenvalue weighted by molar-refractivity contribution is 5.98. The largest absolute Gasteiger partial charge is 0.471 e. The second-order valence-corrected chi connectivity index (χ2v) is 21.0. The molecule has 1 unspecified atom stereocenters. The number of benzene rings is 3. The average molecular weight is 1160 g/mol. The Labute approximate surface area is 475 Å². The monoisotopic (exact) mass is 1160 g/mol. The molecule has 2 aliphatic heterocycles. The smallest absolute Gasteiger partial charge is 0.352 e. The minimum absolute atomic E-state index is 0.0634. The number of hydrogen-bond donors (Lipinski definition) is 6. The molecule has 24 heteroatoms. The molecule has 3 aromatic rings. The lowest BCUT2D eigenvalue weighted by molar-refractivity contribution is -0.186. The van der Waals surface area contributed by atoms with Crippen molar-refractivity contribution in [3.05, 3.63) is 107 Å². The summed E-state index contributed by atoms with van der Waals surface area (Å²) in [6, 6.07) is 18.4. The number of alkyl halides is 6. The van der Waals surface area contributed by atoms with E-state index in [0.29, 0.717) is 38.5 Å². The predicted octanol–water partition coefficient (Wildman–Crippen LogP) is 4.78. The minimum atomic E-state index is -5.13. The van der Waals surface area contributed by atoms with Gasteiger partial charge < -0.3 is 51.5 Å². The summed E-state index contributed by atoms with van der Waals surface area (Å²) in [6.07, 6.45) is -7.27. The summed E-state index contributed by atoms with van der Waals surface area (Å²) in [6.45, 7) is 4.49. The van der Waals surface area contributed by atoms with Crippen LogP contribution in [-0.4, -0.2) is 182 Å². The molecular weight excluding hydrogens is 1080 g/mol. The molecule has 7 atom stereocenters. The molecule has 0 bridgehead atoms. The predicted molar refractivity (Wildman–Crippen MR) is 295 cm³/mol. The van der Waals surface area contributed by atoms with Gasteiger partial charge in [-0.05, 0) is 133 Å². The van der Waals surface area contributed by atoms with E-state index in [1.54, 1.807) is 95.5 Å². The summed E-state index contributed by atoms with van der Waals surface area (Å²) in [4.78, 5) is 111. The highest BCUT2D eigenvalue weighted by atomic mass is 19.4. The summed E-state index contributed by atoms with van der Waals surface area (Å²) < 4.78 is 82.9. The number of amides is 8. The second-order valence-electron chi connectivity index (χ2n) is 21.0. The van der Waals surface area contributed by atoms with Crippen LogP contribution in [0.15, 0.2) is 84.9 Å². The molecule has 0 aliphatic carbocycles. The number of nitrogens with zero attached hydrogens (tertiary/aromatic N) is 4. The maximum Gasteiger partial charge on any atom is 0.471 e. The van der Waals surface area contributed by atoms with E-state index in [0.717, 1.165) is 20.9 Å². The third kappa shape index (κ3) is 19.5. The summed E-state index contributed by atoms with van der Waals surface area (Å²) in [5.41, 5.74) is 1.95. The Balaban J connectivity index is 1.13. The number of rotatable bonds is 29. The van der Waals surface area contributed by atoms with Crippen molar-refractivity contribution in [1.82, 2.24) is 51.5 Å². The maximum atomic E-state index is 14.3. The standard InChI is InChI=1S/C58H78F6N10O8/c1-38(48(70-50(76)40(3)66-5)54(80)74-33-15-22-46(74)37-72(56(82)58(62,63)64)35-29-42-19-10-7-11-20-42)16-12-30-67-51(77)43-24-26-44(27-25-43)52(78)68-31-13-23-47(69-49(75)39(2)65-4)53(79)73-32-14-21-45(73)36-71(55(81)57(59,60)61)34-28-41-17-8-6-9-18-41/h6-11,17-20,24-27,38-40,45-48,65-66H,12-16,21-23,28-37H2,1-5H3,(H,67,77)(H,68,78)(H,69,75)(H,70,76)/t38-,39-,40+,45-,46+,47+,48?/m1/s1. The number of nitrogens with one attached hydrogen (secondary N) is 6. The number of halogens is 6. The van der Waals surface area contributed by atoms with Crippen molar-refractivity contribution in [2.45, 2.75) is 134 Å². The summed E-state index contributed by atoms with van der Waals surface area (Å²) >= 11 is 0. The van der Waals surface area contributed by atoms with Crippen LogP contribution >= 0.6 is 0 Å². The van der Waals surface area contributed by atoms with Gasteiger partial charge in [0, 0.05) is 75.6 Å². The Bertz CT molecular complexity index is 2600. The molecule has 5 rings (SSSR count). The van der Waals surface area contributed by atoms with E-state index in [-0.39, 0.29) is 89.2 Å². The van der Waals surface area contributed by atoms with Crippen LogP contribution in [0.5, 0.6) is 0 Å². The zero-order chi connectivity index (χ0) is 60.1. The first-order valence-electron chi connectivity index (χ1n) is 28.0. The van der Waals surface area contributed by atoms with Gasteiger partial charge in [-0.25, -0.2) is 0 Å². The Morgan fingerprint density at radius 2 is 0.963 bits per heavy atom. The fourth-order valence-corrected chi connectivity index (χ4v) is 10.1. The van der Waals surface area contributed by atoms with Gasteiger partial charge in [-0.2, -0.15) is 26.3 Å². The molecule has 82 heavy (non-hydrogen) atoms. The van der Waals surface area contributed by atoms with Crippen molar-refractivity contribution < 1.29 is 64.7 Å². The van der Waals surface area contributed by atoms with E-state index in [2.05, 4.69) is 31.9 Å². The van der Waals surface area contributed by atoms with Crippen molar-refractivity contribution in [3.63, 3.8) is 0 Å². The van der Waals surface area contributed by atoms with E-state index in [1.165, 1.54) is 34.1 Å². The van der Waals surface area contributed by atoms with Crippen LogP contribution in [-0.2, 0) is 41.6 Å². The Kier molecular flexibility index (Phi) is 25.2. The molecule has 2 fully saturated rings. The highest BCUT2D eigenvalue weighted by Gasteiger charge is 2.46. The lowest BCUT2D eigenvalue weighted by Gasteiger charge is -2.35. The molecule has 18 nitrogen and oxygen atoms in total. The van der Waals surface area contributed by atoms with Crippen molar-refractivity contribution in [3.8, 4) is 0 Å². The Morgan fingerprint density at radius 3 is 1.38 bits per heavy atom. The van der Waals surface area contributed by atoms with Crippen LogP contribution in [0, 0.1) is 5.92 Å². The van der Waals surface area contributed by atoms with Crippen molar-refractivity contribution in [2.24, 2.45) is 5.92 Å². The van der Waals surface area contributed by atoms with Crippen LogP contribution in [0.25, 0.3) is 0 Å². The molecule has 6 N–H and O–H groups in total. The first-order valence-corrected chi connectivity index (χ1v) is 28.0. The number of likely N-dealkylation sites (N-methyl/N-ethyl adjacent to an activating group) is 2. The normalized spacial score (nSPS) is 17.2. The van der Waals surface area contributed by atoms with Gasteiger partial charge in [0.2, 0.25) is 23.6 Å². The molecule has 0 radical (unpaired) electrons. The topological polar surface area (TPSA) is 222 Å². The van der Waals surface area contributed by atoms with Gasteiger partial charge in [0.25, 0.3) is 11.8 Å². The van der Waals surface area contributed by atoms with Crippen molar-refractivity contribution >= 4 is 47.3 Å². The summed E-state index contributed by atoms with van der Waals surface area (Å²) in [5, 5.41) is 16.8. The highest BCUT2D eigenvalue weighted by Crippen LogP contribution is 2.27. The average Bonchev–Trinajstić information content (AvgIpc) is 4.33. The van der Waals surface area contributed by atoms with Gasteiger partial charge in [-0.1, -0.05) is 67.6 Å². The fourth-order valence-electron chi connectivity index (χ4n) is 10.1. The van der Waals surface area contributed by atoms with E-state index < -0.39 is 102 Å². The Morgan fingerprint density at radius 1 is 0.561 bits per heavy atom. The summed E-state index contributed by atoms with van der Waals surface area (Å²) in [5.74, 6) is -7.39. The Hall–Kier alpha value is -7.08. The lowest BCUT2D eigenvalue weighted by Crippen LogP contribution is -2.57. The van der Waals surface area contributed by atoms with Gasteiger partial charge in [0.1, 0.15) is 12.1 Å². The number of carbonyl (C=O) groups is 8. The van der Waals surface area contributed by atoms with E-state index in [4.69, 9.17) is 0 Å². The van der Waals surface area contributed by atoms with Crippen molar-refractivity contribution in [1.29, 1.82) is 0 Å². The summed E-state index contributed by atoms with van der Waals surface area (Å²) in [7, 11) is 3.14. The fraction of sp³-hybridized carbons (Fsp3) is 0.552. The van der Waals surface area contributed by atoms with Crippen LogP contribution in [0.1, 0.15) is 104 Å². The SMILES string of the molecule is CN[C@@H](C)C(=O)NC(C(=O)N1CCC[C@H]1CN(CCc1ccccc1)C(=O)C(F)(F)F)[C@H](C)CCCNC(=O)c1ccc(C(=O)NCCC[C@H](NC(=O)[C@@H](C)NC)C(=O)N2CCC[C@@H]2CN(CCc2ccccc2)C(=O)C(F)(F)F)cc1. The number of likely N-dealkylation sites (tertiary alicyclic amines) is 2. The van der Waals surface area contributed by atoms with E-state index >= 15 is 0 Å². The molecule has 2 aliphatic rings. The molecule has 0 aromatic heterocycles. The molecule has 3 aromatic carbocycles. The first kappa shape index (κ1) is 65.7. The van der Waals surface area contributed by atoms with Gasteiger partial charge in [-0.15, -0.1) is 0 Å². The number of hydrogen-bond acceptors (Lipinski definition) is 10. The molecule has 8 amide bonds. The van der Waals surface area contributed by atoms with Gasteiger partial charge in [0.05, 0.1) is 12.1 Å². The van der Waals surface area contributed by atoms with Crippen molar-refractivity contribution in [2.75, 3.05) is 66.5 Å². The van der Waals surface area contributed by atoms with Crippen LogP contribution < -0.4 is 31.9 Å². The minimum Gasteiger partial charge on any atom is -0.352 e. The number of carbonyl (C=O) groups excluding carboxylic acids is 8. The quantitative estimate of drug-likeness (QED) is 0.0413. The molecule has 2 saturated heterocycles. The first-order chi connectivity index (χ1) is 38.9. The molecule has 450 valence electrons. The second kappa shape index (κ2) is 31.4.